The zero-order chi connectivity index (χ0) is 12.2. The fourth-order valence-electron chi connectivity index (χ4n) is 3.76. The van der Waals surface area contributed by atoms with Gasteiger partial charge in [0.15, 0.2) is 5.17 Å². The molecule has 2 saturated carbocycles. The molecule has 2 unspecified atom stereocenters. The van der Waals surface area contributed by atoms with E-state index < -0.39 is 0 Å². The summed E-state index contributed by atoms with van der Waals surface area (Å²) in [5.74, 6) is 3.25. The van der Waals surface area contributed by atoms with Crippen LogP contribution in [0.1, 0.15) is 57.8 Å². The van der Waals surface area contributed by atoms with E-state index in [2.05, 4.69) is 5.32 Å². The van der Waals surface area contributed by atoms with Crippen LogP contribution in [-0.2, 0) is 0 Å². The lowest BCUT2D eigenvalue weighted by Gasteiger charge is -2.28. The minimum absolute atomic E-state index is 0.750. The Bertz CT molecular complexity index is 297. The molecule has 0 aromatic rings. The second kappa shape index (κ2) is 6.31. The summed E-state index contributed by atoms with van der Waals surface area (Å²) >= 11 is 1.96. The van der Waals surface area contributed by atoms with Gasteiger partial charge in [0.1, 0.15) is 0 Å². The van der Waals surface area contributed by atoms with Crippen LogP contribution in [0.25, 0.3) is 0 Å². The number of hydrogen-bond acceptors (Lipinski definition) is 2. The third kappa shape index (κ3) is 3.23. The van der Waals surface area contributed by atoms with E-state index in [4.69, 9.17) is 4.99 Å². The molecular formula is C15H26N2S. The van der Waals surface area contributed by atoms with Gasteiger partial charge in [-0.05, 0) is 37.5 Å². The summed E-state index contributed by atoms with van der Waals surface area (Å²) in [6.45, 7) is 1.04. The van der Waals surface area contributed by atoms with E-state index in [-0.39, 0.29) is 0 Å². The molecule has 0 bridgehead atoms. The normalized spacial score (nSPS) is 34.8. The van der Waals surface area contributed by atoms with E-state index in [1.807, 2.05) is 11.8 Å². The Morgan fingerprint density at radius 2 is 2.00 bits per heavy atom. The first-order chi connectivity index (χ1) is 8.92. The molecule has 0 spiro atoms. The Hall–Kier alpha value is -0.180. The highest BCUT2D eigenvalue weighted by Gasteiger charge is 2.31. The van der Waals surface area contributed by atoms with Gasteiger partial charge >= 0.3 is 0 Å². The van der Waals surface area contributed by atoms with Crippen LogP contribution < -0.4 is 5.32 Å². The van der Waals surface area contributed by atoms with Crippen LogP contribution in [0.3, 0.4) is 0 Å². The van der Waals surface area contributed by atoms with Crippen LogP contribution in [0.5, 0.6) is 0 Å². The molecule has 1 heterocycles. The van der Waals surface area contributed by atoms with Crippen molar-refractivity contribution < 1.29 is 0 Å². The number of hydrogen-bond donors (Lipinski definition) is 1. The molecule has 3 rings (SSSR count). The Balaban J connectivity index is 1.37. The molecule has 0 radical (unpaired) electrons. The highest BCUT2D eigenvalue weighted by atomic mass is 32.2. The number of nitrogens with zero attached hydrogens (tertiary/aromatic N) is 1. The lowest BCUT2D eigenvalue weighted by Crippen LogP contribution is -2.41. The molecule has 3 aliphatic rings. The highest BCUT2D eigenvalue weighted by Crippen LogP contribution is 2.33. The van der Waals surface area contributed by atoms with Gasteiger partial charge in [0.2, 0.25) is 0 Å². The third-order valence-corrected chi connectivity index (χ3v) is 6.02. The minimum atomic E-state index is 0.750. The summed E-state index contributed by atoms with van der Waals surface area (Å²) in [6, 6.07) is 0.750. The fraction of sp³-hybridized carbons (Fsp3) is 0.933. The zero-order valence-corrected chi connectivity index (χ0v) is 12.2. The van der Waals surface area contributed by atoms with Crippen molar-refractivity contribution >= 4 is 16.9 Å². The van der Waals surface area contributed by atoms with Gasteiger partial charge < -0.3 is 5.32 Å². The number of fused-ring (bicyclic) bond motifs is 1. The van der Waals surface area contributed by atoms with Crippen molar-refractivity contribution in [3.8, 4) is 0 Å². The second-order valence-corrected chi connectivity index (χ2v) is 7.24. The van der Waals surface area contributed by atoms with Crippen molar-refractivity contribution in [1.82, 2.24) is 5.32 Å². The van der Waals surface area contributed by atoms with Gasteiger partial charge in [-0.15, -0.1) is 0 Å². The molecule has 2 aliphatic carbocycles. The molecular weight excluding hydrogens is 240 g/mol. The van der Waals surface area contributed by atoms with E-state index in [1.165, 1.54) is 68.7 Å². The zero-order valence-electron chi connectivity index (χ0n) is 11.4. The number of nitrogens with one attached hydrogen (secondary N) is 1. The maximum absolute atomic E-state index is 4.77. The molecule has 1 saturated heterocycles. The Morgan fingerprint density at radius 1 is 1.11 bits per heavy atom. The molecule has 0 aromatic carbocycles. The first-order valence-electron chi connectivity index (χ1n) is 7.85. The Kier molecular flexibility index (Phi) is 4.50. The monoisotopic (exact) mass is 266 g/mol. The summed E-state index contributed by atoms with van der Waals surface area (Å²) < 4.78 is 0. The standard InChI is InChI=1S/C15H26N2S/c1-2-6-12(5-1)7-4-10-16-15-17-14-9-3-8-13(14)11-18-15/h12-14H,1-11H2,(H,16,17). The summed E-state index contributed by atoms with van der Waals surface area (Å²) in [7, 11) is 0. The molecule has 18 heavy (non-hydrogen) atoms. The quantitative estimate of drug-likeness (QED) is 0.782. The van der Waals surface area contributed by atoms with Crippen molar-refractivity contribution in [3.63, 3.8) is 0 Å². The van der Waals surface area contributed by atoms with Crippen LogP contribution in [0.4, 0.5) is 0 Å². The van der Waals surface area contributed by atoms with Gasteiger partial charge in [0, 0.05) is 18.3 Å². The lowest BCUT2D eigenvalue weighted by atomic mass is 10.0. The van der Waals surface area contributed by atoms with Crippen molar-refractivity contribution in [2.75, 3.05) is 12.3 Å². The Labute approximate surface area is 115 Å². The predicted octanol–water partition coefficient (Wildman–Crippen LogP) is 3.82. The summed E-state index contributed by atoms with van der Waals surface area (Å²) in [5.41, 5.74) is 0. The second-order valence-electron chi connectivity index (χ2n) is 6.23. The van der Waals surface area contributed by atoms with Gasteiger partial charge in [-0.25, -0.2) is 0 Å². The van der Waals surface area contributed by atoms with Crippen molar-refractivity contribution in [1.29, 1.82) is 0 Å². The van der Waals surface area contributed by atoms with Crippen LogP contribution in [0, 0.1) is 11.8 Å². The Morgan fingerprint density at radius 3 is 2.89 bits per heavy atom. The van der Waals surface area contributed by atoms with Gasteiger partial charge in [-0.3, -0.25) is 4.99 Å². The molecule has 1 aliphatic heterocycles. The number of thioether (sulfide) groups is 1. The topological polar surface area (TPSA) is 24.4 Å². The van der Waals surface area contributed by atoms with Crippen LogP contribution in [0.15, 0.2) is 4.99 Å². The summed E-state index contributed by atoms with van der Waals surface area (Å²) in [6.07, 6.45) is 12.8. The summed E-state index contributed by atoms with van der Waals surface area (Å²) in [5, 5.41) is 4.90. The van der Waals surface area contributed by atoms with Gasteiger partial charge in [0.05, 0.1) is 0 Å². The van der Waals surface area contributed by atoms with E-state index in [9.17, 15) is 0 Å². The molecule has 3 fully saturated rings. The molecule has 2 nitrogen and oxygen atoms in total. The molecule has 2 atom stereocenters. The van der Waals surface area contributed by atoms with Crippen LogP contribution in [-0.4, -0.2) is 23.5 Å². The SMILES string of the molecule is C1CCC(CCCN=C2NC3CCCC3CS2)C1. The number of aliphatic imine (C=N–C) groups is 1. The average Bonchev–Trinajstić information content (AvgIpc) is 3.05. The third-order valence-electron chi connectivity index (χ3n) is 4.90. The summed E-state index contributed by atoms with van der Waals surface area (Å²) in [4.78, 5) is 4.77. The molecule has 0 aromatic heterocycles. The van der Waals surface area contributed by atoms with E-state index in [0.717, 1.165) is 24.4 Å². The van der Waals surface area contributed by atoms with Crippen LogP contribution >= 0.6 is 11.8 Å². The molecule has 0 amide bonds. The van der Waals surface area contributed by atoms with E-state index in [1.54, 1.807) is 0 Å². The van der Waals surface area contributed by atoms with E-state index in [0.29, 0.717) is 0 Å². The highest BCUT2D eigenvalue weighted by molar-refractivity contribution is 8.13. The maximum atomic E-state index is 4.77. The molecule has 3 heteroatoms. The van der Waals surface area contributed by atoms with Gasteiger partial charge in [-0.2, -0.15) is 0 Å². The van der Waals surface area contributed by atoms with E-state index >= 15 is 0 Å². The predicted molar refractivity (Wildman–Crippen MR) is 80.2 cm³/mol. The number of amidine groups is 1. The smallest absolute Gasteiger partial charge is 0.156 e. The van der Waals surface area contributed by atoms with Crippen molar-refractivity contribution in [3.05, 3.63) is 0 Å². The van der Waals surface area contributed by atoms with Gasteiger partial charge in [0.25, 0.3) is 0 Å². The van der Waals surface area contributed by atoms with Crippen molar-refractivity contribution in [2.24, 2.45) is 16.8 Å². The molecule has 1 N–H and O–H groups in total. The average molecular weight is 266 g/mol. The first-order valence-corrected chi connectivity index (χ1v) is 8.84. The molecule has 102 valence electrons. The minimum Gasteiger partial charge on any atom is -0.362 e. The lowest BCUT2D eigenvalue weighted by molar-refractivity contribution is 0.482. The fourth-order valence-corrected chi connectivity index (χ4v) is 4.95. The maximum Gasteiger partial charge on any atom is 0.156 e. The van der Waals surface area contributed by atoms with Gasteiger partial charge in [-0.1, -0.05) is 43.9 Å². The van der Waals surface area contributed by atoms with Crippen LogP contribution in [0.2, 0.25) is 0 Å². The first kappa shape index (κ1) is 12.8. The largest absolute Gasteiger partial charge is 0.362 e. The van der Waals surface area contributed by atoms with Crippen molar-refractivity contribution in [2.45, 2.75) is 63.8 Å². The number of rotatable bonds is 4.